The molecule has 0 saturated carbocycles. The first-order chi connectivity index (χ1) is 5.86. The van der Waals surface area contributed by atoms with Gasteiger partial charge in [-0.1, -0.05) is 0 Å². The van der Waals surface area contributed by atoms with Crippen LogP contribution in [-0.4, -0.2) is 23.2 Å². The first kappa shape index (κ1) is 9.22. The average molecular weight is 169 g/mol. The van der Waals surface area contributed by atoms with Gasteiger partial charge in [0.25, 0.3) is 0 Å². The Balaban J connectivity index is 2.31. The van der Waals surface area contributed by atoms with Crippen LogP contribution in [0.3, 0.4) is 0 Å². The average Bonchev–Trinajstić information content (AvgIpc) is 2.53. The Bertz CT molecular complexity index is 222. The minimum Gasteiger partial charge on any atom is -0.381 e. The Morgan fingerprint density at radius 3 is 3.08 bits per heavy atom. The van der Waals surface area contributed by atoms with Crippen LogP contribution < -0.4 is 5.73 Å². The highest BCUT2D eigenvalue weighted by molar-refractivity contribution is 5.00. The van der Waals surface area contributed by atoms with Gasteiger partial charge in [0, 0.05) is 31.5 Å². The maximum atomic E-state index is 5.42. The summed E-state index contributed by atoms with van der Waals surface area (Å²) in [5.41, 5.74) is 6.39. The smallest absolute Gasteiger partial charge is 0.108 e. The fraction of sp³-hybridized carbons (Fsp3) is 0.625. The molecule has 0 saturated heterocycles. The zero-order valence-corrected chi connectivity index (χ0v) is 7.34. The largest absolute Gasteiger partial charge is 0.381 e. The van der Waals surface area contributed by atoms with Gasteiger partial charge in [-0.25, -0.2) is 4.98 Å². The number of nitrogens with one attached hydrogen (secondary N) is 1. The fourth-order valence-corrected chi connectivity index (χ4v) is 0.950. The second-order valence-electron chi connectivity index (χ2n) is 2.51. The monoisotopic (exact) mass is 169 g/mol. The second-order valence-corrected chi connectivity index (χ2v) is 2.51. The highest BCUT2D eigenvalue weighted by Gasteiger charge is 1.97. The fourth-order valence-electron chi connectivity index (χ4n) is 0.950. The molecule has 0 aromatic carbocycles. The first-order valence-corrected chi connectivity index (χ1v) is 4.17. The lowest BCUT2D eigenvalue weighted by Gasteiger charge is -1.97. The SMILES string of the molecule is CCOCCc1ncc(CN)[nH]1. The summed E-state index contributed by atoms with van der Waals surface area (Å²) in [5.74, 6) is 0.948. The summed E-state index contributed by atoms with van der Waals surface area (Å²) in [6.07, 6.45) is 2.59. The van der Waals surface area contributed by atoms with Gasteiger partial charge in [-0.3, -0.25) is 0 Å². The van der Waals surface area contributed by atoms with Crippen molar-refractivity contribution in [3.63, 3.8) is 0 Å². The highest BCUT2D eigenvalue weighted by Crippen LogP contribution is 1.96. The third kappa shape index (κ3) is 2.64. The van der Waals surface area contributed by atoms with E-state index in [9.17, 15) is 0 Å². The van der Waals surface area contributed by atoms with E-state index < -0.39 is 0 Å². The van der Waals surface area contributed by atoms with Crippen molar-refractivity contribution in [1.29, 1.82) is 0 Å². The van der Waals surface area contributed by atoms with Gasteiger partial charge < -0.3 is 15.5 Å². The van der Waals surface area contributed by atoms with E-state index in [-0.39, 0.29) is 0 Å². The number of nitrogens with zero attached hydrogens (tertiary/aromatic N) is 1. The van der Waals surface area contributed by atoms with Crippen molar-refractivity contribution in [2.45, 2.75) is 19.9 Å². The molecule has 0 bridgehead atoms. The molecular weight excluding hydrogens is 154 g/mol. The maximum absolute atomic E-state index is 5.42. The number of nitrogens with two attached hydrogens (primary N) is 1. The molecule has 0 atom stereocenters. The molecule has 1 heterocycles. The van der Waals surface area contributed by atoms with Crippen LogP contribution >= 0.6 is 0 Å². The van der Waals surface area contributed by atoms with Crippen molar-refractivity contribution in [3.05, 3.63) is 17.7 Å². The number of hydrogen-bond donors (Lipinski definition) is 2. The van der Waals surface area contributed by atoms with Gasteiger partial charge in [-0.05, 0) is 6.92 Å². The van der Waals surface area contributed by atoms with Crippen LogP contribution in [0.2, 0.25) is 0 Å². The predicted octanol–water partition coefficient (Wildman–Crippen LogP) is 0.447. The molecule has 0 fully saturated rings. The summed E-state index contributed by atoms with van der Waals surface area (Å²) < 4.78 is 5.19. The number of rotatable bonds is 5. The number of imidazole rings is 1. The lowest BCUT2D eigenvalue weighted by molar-refractivity contribution is 0.149. The molecule has 0 amide bonds. The summed E-state index contributed by atoms with van der Waals surface area (Å²) in [4.78, 5) is 7.25. The number of ether oxygens (including phenoxy) is 1. The van der Waals surface area contributed by atoms with Gasteiger partial charge in [0.05, 0.1) is 6.61 Å². The molecule has 0 aliphatic carbocycles. The molecule has 1 aromatic rings. The van der Waals surface area contributed by atoms with Gasteiger partial charge in [-0.2, -0.15) is 0 Å². The van der Waals surface area contributed by atoms with Crippen LogP contribution in [0.15, 0.2) is 6.20 Å². The van der Waals surface area contributed by atoms with Crippen molar-refractivity contribution < 1.29 is 4.74 Å². The molecule has 0 aliphatic heterocycles. The standard InChI is InChI=1S/C8H15N3O/c1-2-12-4-3-8-10-6-7(5-9)11-8/h6H,2-5,9H2,1H3,(H,10,11). The molecule has 0 spiro atoms. The maximum Gasteiger partial charge on any atom is 0.108 e. The van der Waals surface area contributed by atoms with E-state index in [1.165, 1.54) is 0 Å². The number of aromatic amines is 1. The minimum atomic E-state index is 0.516. The molecule has 1 rings (SSSR count). The predicted molar refractivity (Wildman–Crippen MR) is 46.7 cm³/mol. The van der Waals surface area contributed by atoms with E-state index in [4.69, 9.17) is 10.5 Å². The van der Waals surface area contributed by atoms with E-state index in [1.807, 2.05) is 6.92 Å². The quantitative estimate of drug-likeness (QED) is 0.629. The molecule has 4 heteroatoms. The topological polar surface area (TPSA) is 63.9 Å². The molecule has 0 aliphatic rings. The zero-order chi connectivity index (χ0) is 8.81. The summed E-state index contributed by atoms with van der Waals surface area (Å²) in [6, 6.07) is 0. The van der Waals surface area contributed by atoms with Gasteiger partial charge >= 0.3 is 0 Å². The Morgan fingerprint density at radius 2 is 2.50 bits per heavy atom. The van der Waals surface area contributed by atoms with E-state index in [0.29, 0.717) is 13.2 Å². The Hall–Kier alpha value is -0.870. The zero-order valence-electron chi connectivity index (χ0n) is 7.34. The number of hydrogen-bond acceptors (Lipinski definition) is 3. The van der Waals surface area contributed by atoms with Gasteiger partial charge in [0.1, 0.15) is 5.82 Å². The van der Waals surface area contributed by atoms with Gasteiger partial charge in [0.2, 0.25) is 0 Å². The van der Waals surface area contributed by atoms with E-state index >= 15 is 0 Å². The first-order valence-electron chi connectivity index (χ1n) is 4.17. The summed E-state index contributed by atoms with van der Waals surface area (Å²) >= 11 is 0. The van der Waals surface area contributed by atoms with Crippen LogP contribution in [0.25, 0.3) is 0 Å². The summed E-state index contributed by atoms with van der Waals surface area (Å²) in [6.45, 7) is 3.97. The van der Waals surface area contributed by atoms with Crippen molar-refractivity contribution >= 4 is 0 Å². The molecule has 3 N–H and O–H groups in total. The van der Waals surface area contributed by atoms with E-state index in [1.54, 1.807) is 6.20 Å². The van der Waals surface area contributed by atoms with Crippen LogP contribution in [0.4, 0.5) is 0 Å². The molecule has 4 nitrogen and oxygen atoms in total. The van der Waals surface area contributed by atoms with Crippen LogP contribution in [0.5, 0.6) is 0 Å². The van der Waals surface area contributed by atoms with Gasteiger partial charge in [0.15, 0.2) is 0 Å². The Kier molecular flexibility index (Phi) is 3.76. The van der Waals surface area contributed by atoms with Gasteiger partial charge in [-0.15, -0.1) is 0 Å². The number of aromatic nitrogens is 2. The molecule has 1 aromatic heterocycles. The summed E-state index contributed by atoms with van der Waals surface area (Å²) in [5, 5.41) is 0. The lowest BCUT2D eigenvalue weighted by Crippen LogP contribution is -2.00. The van der Waals surface area contributed by atoms with E-state index in [2.05, 4.69) is 9.97 Å². The van der Waals surface area contributed by atoms with Crippen LogP contribution in [0.1, 0.15) is 18.4 Å². The molecule has 68 valence electrons. The molecule has 0 unspecified atom stereocenters. The van der Waals surface area contributed by atoms with Crippen molar-refractivity contribution in [2.24, 2.45) is 5.73 Å². The third-order valence-corrected chi connectivity index (χ3v) is 1.59. The molecule has 12 heavy (non-hydrogen) atoms. The molecule has 0 radical (unpaired) electrons. The normalized spacial score (nSPS) is 10.5. The van der Waals surface area contributed by atoms with Crippen molar-refractivity contribution in [3.8, 4) is 0 Å². The molecular formula is C8H15N3O. The van der Waals surface area contributed by atoms with E-state index in [0.717, 1.165) is 24.5 Å². The van der Waals surface area contributed by atoms with Crippen molar-refractivity contribution in [2.75, 3.05) is 13.2 Å². The summed E-state index contributed by atoms with van der Waals surface area (Å²) in [7, 11) is 0. The van der Waals surface area contributed by atoms with Crippen LogP contribution in [0, 0.1) is 0 Å². The minimum absolute atomic E-state index is 0.516. The van der Waals surface area contributed by atoms with Crippen molar-refractivity contribution in [1.82, 2.24) is 9.97 Å². The third-order valence-electron chi connectivity index (χ3n) is 1.59. The lowest BCUT2D eigenvalue weighted by atomic mass is 10.4. The second kappa shape index (κ2) is 4.90. The highest BCUT2D eigenvalue weighted by atomic mass is 16.5. The number of H-pyrrole nitrogens is 1. The Labute approximate surface area is 72.1 Å². The van der Waals surface area contributed by atoms with Crippen LogP contribution in [-0.2, 0) is 17.7 Å². The Morgan fingerprint density at radius 1 is 1.67 bits per heavy atom.